The lowest BCUT2D eigenvalue weighted by Crippen LogP contribution is -2.61. The maximum atomic E-state index is 12.3. The molecule has 1 heterocycles. The summed E-state index contributed by atoms with van der Waals surface area (Å²) in [5, 5.41) is 6.42. The standard InChI is InChI=1S/C13H28N4O/c1-5-13(3,4)16-12(18)10(2)17-7-6-15-9-11(17)8-14/h10-11,15H,5-9,14H2,1-4H3,(H,16,18). The topological polar surface area (TPSA) is 70.4 Å². The van der Waals surface area contributed by atoms with Gasteiger partial charge in [0.05, 0.1) is 6.04 Å². The van der Waals surface area contributed by atoms with Gasteiger partial charge >= 0.3 is 0 Å². The first-order valence-electron chi connectivity index (χ1n) is 6.90. The summed E-state index contributed by atoms with van der Waals surface area (Å²) >= 11 is 0. The molecule has 0 spiro atoms. The van der Waals surface area contributed by atoms with Crippen LogP contribution in [0.15, 0.2) is 0 Å². The number of carbonyl (C=O) groups excluding carboxylic acids is 1. The molecule has 1 fully saturated rings. The summed E-state index contributed by atoms with van der Waals surface area (Å²) in [5.74, 6) is 0.0993. The quantitative estimate of drug-likeness (QED) is 0.643. The molecule has 2 atom stereocenters. The molecule has 0 aromatic carbocycles. The molecule has 1 amide bonds. The maximum Gasteiger partial charge on any atom is 0.237 e. The third kappa shape index (κ3) is 3.93. The number of amides is 1. The first-order chi connectivity index (χ1) is 8.41. The van der Waals surface area contributed by atoms with E-state index in [9.17, 15) is 4.79 Å². The van der Waals surface area contributed by atoms with Crippen LogP contribution in [0.3, 0.4) is 0 Å². The van der Waals surface area contributed by atoms with Crippen molar-refractivity contribution in [2.45, 2.75) is 51.7 Å². The average Bonchev–Trinajstić information content (AvgIpc) is 2.37. The van der Waals surface area contributed by atoms with Gasteiger partial charge in [0.1, 0.15) is 0 Å². The van der Waals surface area contributed by atoms with Gasteiger partial charge in [-0.25, -0.2) is 0 Å². The van der Waals surface area contributed by atoms with Crippen molar-refractivity contribution >= 4 is 5.91 Å². The molecule has 1 aliphatic rings. The molecule has 2 unspecified atom stereocenters. The van der Waals surface area contributed by atoms with Crippen LogP contribution < -0.4 is 16.4 Å². The Morgan fingerprint density at radius 3 is 2.83 bits per heavy atom. The van der Waals surface area contributed by atoms with E-state index >= 15 is 0 Å². The second-order valence-corrected chi connectivity index (χ2v) is 5.73. The van der Waals surface area contributed by atoms with Crippen molar-refractivity contribution in [1.29, 1.82) is 0 Å². The largest absolute Gasteiger partial charge is 0.350 e. The molecule has 1 aliphatic heterocycles. The van der Waals surface area contributed by atoms with Gasteiger partial charge in [0.2, 0.25) is 5.91 Å². The lowest BCUT2D eigenvalue weighted by atomic mass is 10.0. The Bertz CT molecular complexity index is 280. The number of carbonyl (C=O) groups is 1. The zero-order valence-electron chi connectivity index (χ0n) is 12.1. The number of nitrogens with two attached hydrogens (primary N) is 1. The van der Waals surface area contributed by atoms with Gasteiger partial charge in [0.15, 0.2) is 0 Å². The molecule has 0 saturated carbocycles. The summed E-state index contributed by atoms with van der Waals surface area (Å²) in [6.45, 7) is 11.4. The van der Waals surface area contributed by atoms with Crippen LogP contribution >= 0.6 is 0 Å². The van der Waals surface area contributed by atoms with Crippen molar-refractivity contribution in [2.24, 2.45) is 5.73 Å². The fraction of sp³-hybridized carbons (Fsp3) is 0.923. The fourth-order valence-corrected chi connectivity index (χ4v) is 2.18. The summed E-state index contributed by atoms with van der Waals surface area (Å²) in [6, 6.07) is 0.135. The number of nitrogens with zero attached hydrogens (tertiary/aromatic N) is 1. The Balaban J connectivity index is 2.61. The highest BCUT2D eigenvalue weighted by molar-refractivity contribution is 5.82. The van der Waals surface area contributed by atoms with Crippen LogP contribution in [-0.2, 0) is 4.79 Å². The van der Waals surface area contributed by atoms with Crippen molar-refractivity contribution in [2.75, 3.05) is 26.2 Å². The van der Waals surface area contributed by atoms with Crippen molar-refractivity contribution < 1.29 is 4.79 Å². The van der Waals surface area contributed by atoms with E-state index in [0.717, 1.165) is 26.1 Å². The lowest BCUT2D eigenvalue weighted by molar-refractivity contribution is -0.128. The second-order valence-electron chi connectivity index (χ2n) is 5.73. The predicted octanol–water partition coefficient (Wildman–Crippen LogP) is -0.0878. The second kappa shape index (κ2) is 6.50. The van der Waals surface area contributed by atoms with Gasteiger partial charge in [-0.05, 0) is 27.2 Å². The Morgan fingerprint density at radius 1 is 1.61 bits per heavy atom. The summed E-state index contributed by atoms with van der Waals surface area (Å²) in [7, 11) is 0. The van der Waals surface area contributed by atoms with Gasteiger partial charge in [-0.1, -0.05) is 6.92 Å². The lowest BCUT2D eigenvalue weighted by Gasteiger charge is -2.40. The average molecular weight is 256 g/mol. The van der Waals surface area contributed by atoms with Gasteiger partial charge in [-0.15, -0.1) is 0 Å². The first kappa shape index (κ1) is 15.4. The minimum atomic E-state index is -0.141. The Labute approximate surface area is 110 Å². The number of hydrogen-bond acceptors (Lipinski definition) is 4. The molecule has 0 aromatic rings. The highest BCUT2D eigenvalue weighted by atomic mass is 16.2. The molecule has 18 heavy (non-hydrogen) atoms. The minimum Gasteiger partial charge on any atom is -0.350 e. The van der Waals surface area contributed by atoms with E-state index in [4.69, 9.17) is 5.73 Å². The van der Waals surface area contributed by atoms with Crippen LogP contribution in [-0.4, -0.2) is 54.6 Å². The molecule has 0 aromatic heterocycles. The number of hydrogen-bond donors (Lipinski definition) is 3. The summed E-state index contributed by atoms with van der Waals surface area (Å²) < 4.78 is 0. The number of nitrogens with one attached hydrogen (secondary N) is 2. The number of piperazine rings is 1. The molecule has 0 radical (unpaired) electrons. The first-order valence-corrected chi connectivity index (χ1v) is 6.90. The third-order valence-electron chi connectivity index (χ3n) is 3.89. The monoisotopic (exact) mass is 256 g/mol. The van der Waals surface area contributed by atoms with Crippen LogP contribution in [0.25, 0.3) is 0 Å². The van der Waals surface area contributed by atoms with Gasteiger partial charge < -0.3 is 16.4 Å². The smallest absolute Gasteiger partial charge is 0.237 e. The Morgan fingerprint density at radius 2 is 2.28 bits per heavy atom. The third-order valence-corrected chi connectivity index (χ3v) is 3.89. The molecule has 5 heteroatoms. The van der Waals surface area contributed by atoms with Gasteiger partial charge in [-0.3, -0.25) is 9.69 Å². The van der Waals surface area contributed by atoms with E-state index in [1.54, 1.807) is 0 Å². The van der Waals surface area contributed by atoms with Crippen LogP contribution in [0.1, 0.15) is 34.1 Å². The number of rotatable bonds is 5. The Kier molecular flexibility index (Phi) is 5.56. The molecule has 5 nitrogen and oxygen atoms in total. The minimum absolute atomic E-state index is 0.0993. The molecule has 106 valence electrons. The fourth-order valence-electron chi connectivity index (χ4n) is 2.18. The zero-order chi connectivity index (χ0) is 13.8. The van der Waals surface area contributed by atoms with E-state index in [1.807, 2.05) is 6.92 Å². The van der Waals surface area contributed by atoms with Crippen molar-refractivity contribution in [3.8, 4) is 0 Å². The maximum absolute atomic E-state index is 12.3. The van der Waals surface area contributed by atoms with E-state index in [0.29, 0.717) is 6.54 Å². The van der Waals surface area contributed by atoms with E-state index < -0.39 is 0 Å². The highest BCUT2D eigenvalue weighted by Crippen LogP contribution is 2.11. The van der Waals surface area contributed by atoms with Crippen LogP contribution in [0, 0.1) is 0 Å². The SMILES string of the molecule is CCC(C)(C)NC(=O)C(C)N1CCNCC1CN. The highest BCUT2D eigenvalue weighted by Gasteiger charge is 2.31. The summed E-state index contributed by atoms with van der Waals surface area (Å²) in [5.41, 5.74) is 5.63. The molecule has 4 N–H and O–H groups in total. The van der Waals surface area contributed by atoms with Crippen LogP contribution in [0.4, 0.5) is 0 Å². The van der Waals surface area contributed by atoms with Gasteiger partial charge in [0, 0.05) is 37.8 Å². The molecular weight excluding hydrogens is 228 g/mol. The Hall–Kier alpha value is -0.650. The van der Waals surface area contributed by atoms with Crippen molar-refractivity contribution in [3.05, 3.63) is 0 Å². The van der Waals surface area contributed by atoms with E-state index in [1.165, 1.54) is 0 Å². The van der Waals surface area contributed by atoms with Gasteiger partial charge in [0.25, 0.3) is 0 Å². The molecule has 0 bridgehead atoms. The molecular formula is C13H28N4O. The molecule has 1 rings (SSSR count). The van der Waals surface area contributed by atoms with E-state index in [2.05, 4.69) is 36.3 Å². The summed E-state index contributed by atoms with van der Waals surface area (Å²) in [4.78, 5) is 14.5. The van der Waals surface area contributed by atoms with Crippen molar-refractivity contribution in [1.82, 2.24) is 15.5 Å². The molecule has 0 aliphatic carbocycles. The van der Waals surface area contributed by atoms with E-state index in [-0.39, 0.29) is 23.5 Å². The predicted molar refractivity (Wildman–Crippen MR) is 74.4 cm³/mol. The molecule has 1 saturated heterocycles. The van der Waals surface area contributed by atoms with Crippen LogP contribution in [0.2, 0.25) is 0 Å². The normalized spacial score (nSPS) is 23.7. The summed E-state index contributed by atoms with van der Waals surface area (Å²) in [6.07, 6.45) is 0.924. The zero-order valence-corrected chi connectivity index (χ0v) is 12.1. The van der Waals surface area contributed by atoms with Gasteiger partial charge in [-0.2, -0.15) is 0 Å². The van der Waals surface area contributed by atoms with Crippen LogP contribution in [0.5, 0.6) is 0 Å². The van der Waals surface area contributed by atoms with Crippen molar-refractivity contribution in [3.63, 3.8) is 0 Å².